The number of likely N-dealkylation sites (N-methyl/N-ethyl adjacent to an activating group) is 1. The van der Waals surface area contributed by atoms with Gasteiger partial charge in [-0.05, 0) is 31.2 Å². The molecule has 1 saturated heterocycles. The van der Waals surface area contributed by atoms with Gasteiger partial charge in [-0.1, -0.05) is 42.5 Å². The average Bonchev–Trinajstić information content (AvgIpc) is 2.70. The van der Waals surface area contributed by atoms with Gasteiger partial charge in [0.15, 0.2) is 11.6 Å². The number of halogens is 1. The Kier molecular flexibility index (Phi) is 8.36. The molecule has 0 amide bonds. The third-order valence-corrected chi connectivity index (χ3v) is 4.46. The van der Waals surface area contributed by atoms with E-state index in [4.69, 9.17) is 14.9 Å². The number of likely N-dealkylation sites (tertiary alicyclic amines) is 1. The van der Waals surface area contributed by atoms with Gasteiger partial charge in [-0.2, -0.15) is 0 Å². The maximum absolute atomic E-state index is 13.8. The Morgan fingerprint density at radius 2 is 1.62 bits per heavy atom. The summed E-state index contributed by atoms with van der Waals surface area (Å²) >= 11 is 0. The zero-order valence-electron chi connectivity index (χ0n) is 16.1. The fraction of sp³-hybridized carbons (Fsp3) is 0.273. The molecule has 29 heavy (non-hydrogen) atoms. The van der Waals surface area contributed by atoms with E-state index in [1.165, 1.54) is 11.6 Å². The molecule has 3 rings (SSSR count). The van der Waals surface area contributed by atoms with Crippen molar-refractivity contribution in [3.8, 4) is 5.75 Å². The summed E-state index contributed by atoms with van der Waals surface area (Å²) in [6, 6.07) is 17.0. The molecular weight excluding hydrogens is 377 g/mol. The monoisotopic (exact) mass is 401 g/mol. The second kappa shape index (κ2) is 11.0. The minimum absolute atomic E-state index is 0.0144. The standard InChI is InChI=1S/C18H20FNO.C4H4O4/c1-20-12-11-17(21-18-10-6-5-9-16(18)19)15(13-20)14-7-3-2-4-8-14;5-3(6)1-2-4(7)8/h2-10,15,17H,11-13H2,1H3;1-2H,(H,5,6)(H,7,8)/b;2-1+/t15-,17-;/m1./s1. The van der Waals surface area contributed by atoms with Gasteiger partial charge >= 0.3 is 11.9 Å². The lowest BCUT2D eigenvalue weighted by Crippen LogP contribution is -2.42. The van der Waals surface area contributed by atoms with Crippen molar-refractivity contribution in [2.24, 2.45) is 0 Å². The topological polar surface area (TPSA) is 87.1 Å². The van der Waals surface area contributed by atoms with E-state index >= 15 is 0 Å². The molecule has 0 aliphatic carbocycles. The van der Waals surface area contributed by atoms with Crippen LogP contribution in [0.5, 0.6) is 5.75 Å². The van der Waals surface area contributed by atoms with Crippen molar-refractivity contribution >= 4 is 11.9 Å². The van der Waals surface area contributed by atoms with Gasteiger partial charge in [0.2, 0.25) is 0 Å². The van der Waals surface area contributed by atoms with Gasteiger partial charge in [-0.3, -0.25) is 0 Å². The highest BCUT2D eigenvalue weighted by Gasteiger charge is 2.31. The van der Waals surface area contributed by atoms with Crippen LogP contribution in [-0.2, 0) is 9.59 Å². The first-order valence-corrected chi connectivity index (χ1v) is 9.15. The van der Waals surface area contributed by atoms with Gasteiger partial charge in [0.25, 0.3) is 0 Å². The summed E-state index contributed by atoms with van der Waals surface area (Å²) in [5.74, 6) is -2.18. The number of ether oxygens (including phenoxy) is 1. The van der Waals surface area contributed by atoms with E-state index in [0.717, 1.165) is 19.5 Å². The first kappa shape index (κ1) is 22.1. The quantitative estimate of drug-likeness (QED) is 0.747. The lowest BCUT2D eigenvalue weighted by molar-refractivity contribution is -0.134. The average molecular weight is 401 g/mol. The second-order valence-corrected chi connectivity index (χ2v) is 6.66. The molecule has 2 atom stereocenters. The van der Waals surface area contributed by atoms with E-state index in [1.54, 1.807) is 12.1 Å². The van der Waals surface area contributed by atoms with Gasteiger partial charge in [-0.15, -0.1) is 0 Å². The highest BCUT2D eigenvalue weighted by atomic mass is 19.1. The molecule has 154 valence electrons. The Morgan fingerprint density at radius 1 is 1.03 bits per heavy atom. The molecule has 0 radical (unpaired) electrons. The number of benzene rings is 2. The number of carboxylic acid groups (broad SMARTS) is 2. The highest BCUT2D eigenvalue weighted by molar-refractivity contribution is 5.89. The minimum atomic E-state index is -1.26. The van der Waals surface area contributed by atoms with Crippen molar-refractivity contribution in [1.29, 1.82) is 0 Å². The Bertz CT molecular complexity index is 824. The van der Waals surface area contributed by atoms with Crippen molar-refractivity contribution in [2.45, 2.75) is 18.4 Å². The number of hydrogen-bond donors (Lipinski definition) is 2. The predicted octanol–water partition coefficient (Wildman–Crippen LogP) is 3.40. The van der Waals surface area contributed by atoms with Crippen LogP contribution < -0.4 is 4.74 Å². The van der Waals surface area contributed by atoms with Crippen molar-refractivity contribution in [3.05, 3.63) is 78.1 Å². The molecule has 0 spiro atoms. The summed E-state index contributed by atoms with van der Waals surface area (Å²) in [5, 5.41) is 15.6. The molecule has 0 bridgehead atoms. The molecule has 2 aromatic rings. The summed E-state index contributed by atoms with van der Waals surface area (Å²) in [7, 11) is 2.12. The van der Waals surface area contributed by atoms with Gasteiger partial charge in [0.1, 0.15) is 6.10 Å². The van der Waals surface area contributed by atoms with Gasteiger partial charge in [-0.25, -0.2) is 14.0 Å². The lowest BCUT2D eigenvalue weighted by Gasteiger charge is -2.37. The molecule has 1 fully saturated rings. The number of piperidine rings is 1. The normalized spacial score (nSPS) is 19.2. The summed E-state index contributed by atoms with van der Waals surface area (Å²) in [6.07, 6.45) is 2.04. The molecule has 0 saturated carbocycles. The van der Waals surface area contributed by atoms with Gasteiger partial charge in [0, 0.05) is 31.2 Å². The fourth-order valence-corrected chi connectivity index (χ4v) is 3.10. The number of aliphatic carboxylic acids is 2. The van der Waals surface area contributed by atoms with E-state index in [0.29, 0.717) is 17.9 Å². The SMILES string of the molecule is CN1CC[C@@H](Oc2ccccc2F)[C@@H](c2ccccc2)C1.O=C(O)/C=C/C(=O)O. The maximum Gasteiger partial charge on any atom is 0.328 e. The van der Waals surface area contributed by atoms with Crippen LogP contribution in [0, 0.1) is 5.82 Å². The van der Waals surface area contributed by atoms with Crippen LogP contribution >= 0.6 is 0 Å². The van der Waals surface area contributed by atoms with E-state index in [2.05, 4.69) is 24.1 Å². The molecule has 2 N–H and O–H groups in total. The van der Waals surface area contributed by atoms with Crippen LogP contribution in [0.2, 0.25) is 0 Å². The van der Waals surface area contributed by atoms with Crippen LogP contribution in [0.4, 0.5) is 4.39 Å². The number of carboxylic acids is 2. The third-order valence-electron chi connectivity index (χ3n) is 4.46. The summed E-state index contributed by atoms with van der Waals surface area (Å²) in [5.41, 5.74) is 1.25. The zero-order valence-corrected chi connectivity index (χ0v) is 16.1. The zero-order chi connectivity index (χ0) is 21.2. The van der Waals surface area contributed by atoms with E-state index in [9.17, 15) is 14.0 Å². The van der Waals surface area contributed by atoms with Crippen LogP contribution in [0.15, 0.2) is 66.7 Å². The minimum Gasteiger partial charge on any atom is -0.487 e. The third kappa shape index (κ3) is 7.38. The van der Waals surface area contributed by atoms with E-state index < -0.39 is 11.9 Å². The summed E-state index contributed by atoms with van der Waals surface area (Å²) in [6.45, 7) is 1.91. The largest absolute Gasteiger partial charge is 0.487 e. The first-order valence-electron chi connectivity index (χ1n) is 9.15. The number of hydrogen-bond acceptors (Lipinski definition) is 4. The lowest BCUT2D eigenvalue weighted by atomic mass is 9.88. The van der Waals surface area contributed by atoms with E-state index in [1.807, 2.05) is 24.3 Å². The number of nitrogens with zero attached hydrogens (tertiary/aromatic N) is 1. The maximum atomic E-state index is 13.8. The smallest absolute Gasteiger partial charge is 0.328 e. The Labute approximate surface area is 168 Å². The number of para-hydroxylation sites is 1. The molecule has 7 heteroatoms. The van der Waals surface area contributed by atoms with Crippen molar-refractivity contribution in [2.75, 3.05) is 20.1 Å². The Morgan fingerprint density at radius 3 is 2.21 bits per heavy atom. The predicted molar refractivity (Wildman–Crippen MR) is 107 cm³/mol. The molecule has 1 aliphatic rings. The van der Waals surface area contributed by atoms with Crippen LogP contribution in [0.1, 0.15) is 17.9 Å². The second-order valence-electron chi connectivity index (χ2n) is 6.66. The Hall–Kier alpha value is -3.19. The van der Waals surface area contributed by atoms with Crippen molar-refractivity contribution in [3.63, 3.8) is 0 Å². The number of carbonyl (C=O) groups is 2. The van der Waals surface area contributed by atoms with Crippen LogP contribution in [0.25, 0.3) is 0 Å². The van der Waals surface area contributed by atoms with Crippen LogP contribution in [-0.4, -0.2) is 53.3 Å². The van der Waals surface area contributed by atoms with E-state index in [-0.39, 0.29) is 17.8 Å². The molecular formula is C22H24FNO5. The summed E-state index contributed by atoms with van der Waals surface area (Å²) in [4.78, 5) is 21.4. The summed E-state index contributed by atoms with van der Waals surface area (Å²) < 4.78 is 19.8. The molecule has 1 aliphatic heterocycles. The molecule has 0 aromatic heterocycles. The van der Waals surface area contributed by atoms with Crippen molar-refractivity contribution in [1.82, 2.24) is 4.90 Å². The molecule has 1 heterocycles. The highest BCUT2D eigenvalue weighted by Crippen LogP contribution is 2.31. The first-order chi connectivity index (χ1) is 13.9. The van der Waals surface area contributed by atoms with Crippen LogP contribution in [0.3, 0.4) is 0 Å². The van der Waals surface area contributed by atoms with Crippen molar-refractivity contribution < 1.29 is 28.9 Å². The fourth-order valence-electron chi connectivity index (χ4n) is 3.10. The molecule has 2 aromatic carbocycles. The van der Waals surface area contributed by atoms with Gasteiger partial charge < -0.3 is 19.8 Å². The molecule has 6 nitrogen and oxygen atoms in total. The molecule has 0 unspecified atom stereocenters. The van der Waals surface area contributed by atoms with Gasteiger partial charge in [0.05, 0.1) is 0 Å². The Balaban J connectivity index is 0.000000321. The number of rotatable bonds is 5.